The molecule has 0 aliphatic heterocycles. The molecule has 2 aliphatic rings. The Labute approximate surface area is 158 Å². The standard InChI is InChI=1S/C23H22O4/c1-4-11-22-13-15(3)14-23(12-5-2,21(22)27)20(26)17(19(22)25)18(24)16-9-7-6-8-10-16/h4-10,24H,1-3,11-14H2/t22-,23-/m0/s1. The van der Waals surface area contributed by atoms with Crippen LogP contribution in [0.1, 0.15) is 31.2 Å². The molecule has 2 bridgehead atoms. The van der Waals surface area contributed by atoms with Gasteiger partial charge in [0.1, 0.15) is 22.2 Å². The molecule has 27 heavy (non-hydrogen) atoms. The minimum absolute atomic E-state index is 0.0986. The molecule has 4 heteroatoms. The van der Waals surface area contributed by atoms with Gasteiger partial charge in [0.05, 0.1) is 0 Å². The summed E-state index contributed by atoms with van der Waals surface area (Å²) in [6.45, 7) is 11.4. The van der Waals surface area contributed by atoms with Crippen molar-refractivity contribution in [3.05, 3.63) is 78.9 Å². The van der Waals surface area contributed by atoms with E-state index in [4.69, 9.17) is 0 Å². The zero-order chi connectivity index (χ0) is 19.8. The predicted octanol–water partition coefficient (Wildman–Crippen LogP) is 4.15. The largest absolute Gasteiger partial charge is 0.506 e. The maximum atomic E-state index is 13.4. The summed E-state index contributed by atoms with van der Waals surface area (Å²) in [5, 5.41) is 10.8. The fraction of sp³-hybridized carbons (Fsp3) is 0.261. The van der Waals surface area contributed by atoms with Crippen molar-refractivity contribution in [1.82, 2.24) is 0 Å². The summed E-state index contributed by atoms with van der Waals surface area (Å²) in [6.07, 6.45) is 3.55. The van der Waals surface area contributed by atoms with Gasteiger partial charge in [0, 0.05) is 5.56 Å². The van der Waals surface area contributed by atoms with Crippen molar-refractivity contribution >= 4 is 23.1 Å². The summed E-state index contributed by atoms with van der Waals surface area (Å²) < 4.78 is 0. The summed E-state index contributed by atoms with van der Waals surface area (Å²) in [7, 11) is 0. The van der Waals surface area contributed by atoms with Crippen LogP contribution in [0.25, 0.3) is 5.76 Å². The predicted molar refractivity (Wildman–Crippen MR) is 104 cm³/mol. The van der Waals surface area contributed by atoms with E-state index in [1.807, 2.05) is 0 Å². The lowest BCUT2D eigenvalue weighted by molar-refractivity contribution is -0.157. The molecule has 2 aliphatic carbocycles. The first-order chi connectivity index (χ1) is 12.8. The molecule has 2 atom stereocenters. The van der Waals surface area contributed by atoms with Crippen molar-refractivity contribution in [1.29, 1.82) is 0 Å². The van der Waals surface area contributed by atoms with Crippen LogP contribution in [0.15, 0.2) is 73.4 Å². The highest BCUT2D eigenvalue weighted by atomic mass is 16.3. The molecule has 1 aromatic carbocycles. The number of benzene rings is 1. The molecule has 0 saturated heterocycles. The van der Waals surface area contributed by atoms with Crippen molar-refractivity contribution in [3.8, 4) is 0 Å². The fourth-order valence-corrected chi connectivity index (χ4v) is 4.45. The summed E-state index contributed by atoms with van der Waals surface area (Å²) in [4.78, 5) is 40.2. The second kappa shape index (κ2) is 6.62. The lowest BCUT2D eigenvalue weighted by atomic mass is 9.48. The van der Waals surface area contributed by atoms with Gasteiger partial charge < -0.3 is 5.11 Å². The molecule has 0 amide bonds. The number of ketones is 3. The maximum absolute atomic E-state index is 13.4. The molecule has 1 N–H and O–H groups in total. The first kappa shape index (κ1) is 18.8. The number of fused-ring (bicyclic) bond motifs is 2. The third kappa shape index (κ3) is 2.55. The molecule has 4 nitrogen and oxygen atoms in total. The quantitative estimate of drug-likeness (QED) is 0.281. The number of aliphatic hydroxyl groups excluding tert-OH is 1. The van der Waals surface area contributed by atoms with Gasteiger partial charge in [0.15, 0.2) is 17.3 Å². The number of hydrogen-bond acceptors (Lipinski definition) is 4. The van der Waals surface area contributed by atoms with Crippen LogP contribution in [0.2, 0.25) is 0 Å². The third-order valence-electron chi connectivity index (χ3n) is 5.57. The van der Waals surface area contributed by atoms with Gasteiger partial charge >= 0.3 is 0 Å². The first-order valence-electron chi connectivity index (χ1n) is 8.85. The summed E-state index contributed by atoms with van der Waals surface area (Å²) in [5.41, 5.74) is -2.13. The maximum Gasteiger partial charge on any atom is 0.184 e. The highest BCUT2D eigenvalue weighted by Gasteiger charge is 2.66. The lowest BCUT2D eigenvalue weighted by Crippen LogP contribution is -2.61. The highest BCUT2D eigenvalue weighted by Crippen LogP contribution is 2.56. The monoisotopic (exact) mass is 362 g/mol. The van der Waals surface area contributed by atoms with E-state index in [1.165, 1.54) is 12.2 Å². The topological polar surface area (TPSA) is 71.4 Å². The lowest BCUT2D eigenvalue weighted by Gasteiger charge is -2.49. The normalized spacial score (nSPS) is 27.5. The van der Waals surface area contributed by atoms with Gasteiger partial charge in [-0.3, -0.25) is 14.4 Å². The zero-order valence-corrected chi connectivity index (χ0v) is 15.2. The Morgan fingerprint density at radius 2 is 1.44 bits per heavy atom. The highest BCUT2D eigenvalue weighted by molar-refractivity contribution is 6.41. The van der Waals surface area contributed by atoms with Gasteiger partial charge in [0.25, 0.3) is 0 Å². The van der Waals surface area contributed by atoms with Crippen LogP contribution in [-0.2, 0) is 14.4 Å². The molecule has 0 radical (unpaired) electrons. The second-order valence-corrected chi connectivity index (χ2v) is 7.33. The van der Waals surface area contributed by atoms with Crippen LogP contribution in [-0.4, -0.2) is 22.5 Å². The minimum Gasteiger partial charge on any atom is -0.506 e. The zero-order valence-electron chi connectivity index (χ0n) is 15.2. The SMILES string of the molecule is C=CC[C@]12CC(=C)C[C@@](CC=C)(C(=O)C(=C(O)c3ccccc3)C1=O)C2=O. The van der Waals surface area contributed by atoms with E-state index in [-0.39, 0.29) is 37.0 Å². The van der Waals surface area contributed by atoms with E-state index in [2.05, 4.69) is 19.7 Å². The Bertz CT molecular complexity index is 860. The average Bonchev–Trinajstić information content (AvgIpc) is 2.65. The number of rotatable bonds is 5. The average molecular weight is 362 g/mol. The van der Waals surface area contributed by atoms with Crippen molar-refractivity contribution in [2.24, 2.45) is 10.8 Å². The van der Waals surface area contributed by atoms with Crippen LogP contribution < -0.4 is 0 Å². The van der Waals surface area contributed by atoms with Crippen LogP contribution in [0.5, 0.6) is 0 Å². The Morgan fingerprint density at radius 3 is 1.89 bits per heavy atom. The van der Waals surface area contributed by atoms with E-state index in [0.717, 1.165) is 0 Å². The number of aliphatic hydroxyl groups is 1. The number of allylic oxidation sites excluding steroid dienone is 4. The van der Waals surface area contributed by atoms with Crippen molar-refractivity contribution < 1.29 is 19.5 Å². The molecular weight excluding hydrogens is 340 g/mol. The first-order valence-corrected chi connectivity index (χ1v) is 8.85. The number of Topliss-reactive ketones (excluding diaryl/α,β-unsaturated/α-hetero) is 3. The van der Waals surface area contributed by atoms with Crippen LogP contribution >= 0.6 is 0 Å². The molecule has 2 fully saturated rings. The van der Waals surface area contributed by atoms with E-state index in [9.17, 15) is 19.5 Å². The van der Waals surface area contributed by atoms with Crippen molar-refractivity contribution in [2.45, 2.75) is 25.7 Å². The molecule has 0 aromatic heterocycles. The Morgan fingerprint density at radius 1 is 0.963 bits per heavy atom. The van der Waals surface area contributed by atoms with Crippen molar-refractivity contribution in [2.75, 3.05) is 0 Å². The molecular formula is C23H22O4. The minimum atomic E-state index is -1.44. The summed E-state index contributed by atoms with van der Waals surface area (Å²) in [5.74, 6) is -2.06. The number of carbonyl (C=O) groups excluding carboxylic acids is 3. The van der Waals surface area contributed by atoms with Gasteiger partial charge in [-0.05, 0) is 25.7 Å². The molecule has 138 valence electrons. The van der Waals surface area contributed by atoms with Gasteiger partial charge in [0.2, 0.25) is 0 Å². The van der Waals surface area contributed by atoms with E-state index < -0.39 is 28.2 Å². The van der Waals surface area contributed by atoms with Gasteiger partial charge in [-0.25, -0.2) is 0 Å². The van der Waals surface area contributed by atoms with Crippen LogP contribution in [0, 0.1) is 10.8 Å². The van der Waals surface area contributed by atoms with Crippen LogP contribution in [0.3, 0.4) is 0 Å². The van der Waals surface area contributed by atoms with E-state index in [0.29, 0.717) is 11.1 Å². The molecule has 0 unspecified atom stereocenters. The molecule has 3 rings (SSSR count). The number of hydrogen-bond donors (Lipinski definition) is 1. The third-order valence-corrected chi connectivity index (χ3v) is 5.57. The molecule has 0 spiro atoms. The van der Waals surface area contributed by atoms with E-state index >= 15 is 0 Å². The van der Waals surface area contributed by atoms with Gasteiger partial charge in [-0.15, -0.1) is 13.2 Å². The Kier molecular flexibility index (Phi) is 4.60. The second-order valence-electron chi connectivity index (χ2n) is 7.33. The number of carbonyl (C=O) groups is 3. The summed E-state index contributed by atoms with van der Waals surface area (Å²) >= 11 is 0. The fourth-order valence-electron chi connectivity index (χ4n) is 4.45. The molecule has 0 heterocycles. The molecule has 2 saturated carbocycles. The van der Waals surface area contributed by atoms with Gasteiger partial charge in [-0.1, -0.05) is 54.6 Å². The van der Waals surface area contributed by atoms with E-state index in [1.54, 1.807) is 30.3 Å². The summed E-state index contributed by atoms with van der Waals surface area (Å²) in [6, 6.07) is 8.42. The Balaban J connectivity index is 2.32. The van der Waals surface area contributed by atoms with Crippen molar-refractivity contribution in [3.63, 3.8) is 0 Å². The smallest absolute Gasteiger partial charge is 0.184 e. The Hall–Kier alpha value is -3.01. The van der Waals surface area contributed by atoms with Crippen LogP contribution in [0.4, 0.5) is 0 Å². The van der Waals surface area contributed by atoms with Gasteiger partial charge in [-0.2, -0.15) is 0 Å². The molecule has 1 aromatic rings.